The minimum atomic E-state index is -0.216. The van der Waals surface area contributed by atoms with Crippen LogP contribution >= 0.6 is 0 Å². The van der Waals surface area contributed by atoms with Gasteiger partial charge in [0.05, 0.1) is 0 Å². The van der Waals surface area contributed by atoms with Crippen LogP contribution in [-0.4, -0.2) is 9.78 Å². The fraction of sp³-hybridized carbons (Fsp3) is 0.357. The van der Waals surface area contributed by atoms with Crippen LogP contribution in [0.4, 0.5) is 4.39 Å². The minimum Gasteiger partial charge on any atom is -0.238 e. The van der Waals surface area contributed by atoms with Gasteiger partial charge in [-0.1, -0.05) is 39.8 Å². The van der Waals surface area contributed by atoms with Gasteiger partial charge in [-0.25, -0.2) is 9.07 Å². The van der Waals surface area contributed by atoms with Gasteiger partial charge in [0.25, 0.3) is 0 Å². The Bertz CT molecular complexity index is 408. The Balaban J connectivity index is 0.000000581. The Hall–Kier alpha value is -1.64. The Morgan fingerprint density at radius 2 is 1.71 bits per heavy atom. The Morgan fingerprint density at radius 1 is 1.06 bits per heavy atom. The zero-order valence-electron chi connectivity index (χ0n) is 11.2. The standard InChI is InChI=1S/C10H9FN2.2C2H6/c1-8-4-2-5-9(10(8)11)13-7-3-6-12-13;2*1-2/h2-7H,1H3;2*1-2H3. The molecule has 1 heterocycles. The highest BCUT2D eigenvalue weighted by Crippen LogP contribution is 2.14. The average molecular weight is 236 g/mol. The zero-order valence-corrected chi connectivity index (χ0v) is 11.2. The Labute approximate surface area is 103 Å². The fourth-order valence-electron chi connectivity index (χ4n) is 1.22. The maximum Gasteiger partial charge on any atom is 0.151 e. The van der Waals surface area contributed by atoms with Crippen LogP contribution in [0, 0.1) is 12.7 Å². The maximum absolute atomic E-state index is 13.5. The largest absolute Gasteiger partial charge is 0.238 e. The van der Waals surface area contributed by atoms with E-state index in [0.717, 1.165) is 0 Å². The van der Waals surface area contributed by atoms with Crippen LogP contribution in [-0.2, 0) is 0 Å². The molecule has 0 aliphatic rings. The molecule has 0 spiro atoms. The second kappa shape index (κ2) is 8.50. The number of halogens is 1. The van der Waals surface area contributed by atoms with Gasteiger partial charge in [0.1, 0.15) is 5.69 Å². The van der Waals surface area contributed by atoms with E-state index in [1.165, 1.54) is 4.68 Å². The van der Waals surface area contributed by atoms with Crippen molar-refractivity contribution in [1.29, 1.82) is 0 Å². The molecule has 0 N–H and O–H groups in total. The van der Waals surface area contributed by atoms with Crippen LogP contribution in [0.1, 0.15) is 33.3 Å². The van der Waals surface area contributed by atoms with Crippen molar-refractivity contribution in [1.82, 2.24) is 9.78 Å². The molecule has 3 heteroatoms. The van der Waals surface area contributed by atoms with Crippen molar-refractivity contribution in [3.63, 3.8) is 0 Å². The van der Waals surface area contributed by atoms with E-state index in [-0.39, 0.29) is 5.82 Å². The van der Waals surface area contributed by atoms with Gasteiger partial charge in [0.15, 0.2) is 5.82 Å². The summed E-state index contributed by atoms with van der Waals surface area (Å²) in [6.07, 6.45) is 3.35. The number of aromatic nitrogens is 2. The van der Waals surface area contributed by atoms with E-state index < -0.39 is 0 Å². The molecule has 0 saturated carbocycles. The highest BCUT2D eigenvalue weighted by Gasteiger charge is 2.05. The Morgan fingerprint density at radius 3 is 2.24 bits per heavy atom. The third-order valence-electron chi connectivity index (χ3n) is 1.92. The van der Waals surface area contributed by atoms with Crippen molar-refractivity contribution in [3.05, 3.63) is 48.0 Å². The number of aryl methyl sites for hydroxylation is 1. The topological polar surface area (TPSA) is 17.8 Å². The molecule has 0 saturated heterocycles. The van der Waals surface area contributed by atoms with Crippen LogP contribution in [0.25, 0.3) is 5.69 Å². The van der Waals surface area contributed by atoms with Gasteiger partial charge in [0, 0.05) is 12.4 Å². The van der Waals surface area contributed by atoms with Gasteiger partial charge in [-0.3, -0.25) is 0 Å². The summed E-state index contributed by atoms with van der Waals surface area (Å²) in [6.45, 7) is 9.74. The zero-order chi connectivity index (χ0) is 13.3. The summed E-state index contributed by atoms with van der Waals surface area (Å²) in [7, 11) is 0. The highest BCUT2D eigenvalue weighted by atomic mass is 19.1. The highest BCUT2D eigenvalue weighted by molar-refractivity contribution is 5.36. The van der Waals surface area contributed by atoms with Crippen molar-refractivity contribution in [2.24, 2.45) is 0 Å². The van der Waals surface area contributed by atoms with Crippen LogP contribution in [0.3, 0.4) is 0 Å². The molecular formula is C14H21FN2. The number of nitrogens with zero attached hydrogens (tertiary/aromatic N) is 2. The van der Waals surface area contributed by atoms with Gasteiger partial charge in [-0.15, -0.1) is 0 Å². The minimum absolute atomic E-state index is 0.216. The van der Waals surface area contributed by atoms with Gasteiger partial charge in [-0.2, -0.15) is 5.10 Å². The van der Waals surface area contributed by atoms with Gasteiger partial charge in [0.2, 0.25) is 0 Å². The molecule has 0 amide bonds. The summed E-state index contributed by atoms with van der Waals surface area (Å²) in [6, 6.07) is 7.02. The van der Waals surface area contributed by atoms with E-state index in [0.29, 0.717) is 11.3 Å². The van der Waals surface area contributed by atoms with Crippen molar-refractivity contribution in [2.75, 3.05) is 0 Å². The van der Waals surface area contributed by atoms with Crippen molar-refractivity contribution in [2.45, 2.75) is 34.6 Å². The van der Waals surface area contributed by atoms with E-state index in [4.69, 9.17) is 0 Å². The number of rotatable bonds is 1. The molecule has 0 radical (unpaired) electrons. The molecule has 0 atom stereocenters. The predicted octanol–water partition coefficient (Wildman–Crippen LogP) is 4.37. The molecule has 1 aromatic heterocycles. The third kappa shape index (κ3) is 4.02. The van der Waals surface area contributed by atoms with Gasteiger partial charge in [-0.05, 0) is 24.6 Å². The SMILES string of the molecule is CC.CC.Cc1cccc(-n2cccn2)c1F. The molecule has 0 aliphatic heterocycles. The summed E-state index contributed by atoms with van der Waals surface area (Å²) in [5.41, 5.74) is 1.12. The molecule has 0 unspecified atom stereocenters. The summed E-state index contributed by atoms with van der Waals surface area (Å²) >= 11 is 0. The van der Waals surface area contributed by atoms with Gasteiger partial charge >= 0.3 is 0 Å². The smallest absolute Gasteiger partial charge is 0.151 e. The van der Waals surface area contributed by atoms with Crippen LogP contribution in [0.15, 0.2) is 36.7 Å². The monoisotopic (exact) mass is 236 g/mol. The summed E-state index contributed by atoms with van der Waals surface area (Å²) in [4.78, 5) is 0. The second-order valence-electron chi connectivity index (χ2n) is 2.86. The first kappa shape index (κ1) is 15.4. The van der Waals surface area contributed by atoms with Crippen molar-refractivity contribution in [3.8, 4) is 5.69 Å². The average Bonchev–Trinajstić information content (AvgIpc) is 2.91. The molecule has 1 aromatic carbocycles. The summed E-state index contributed by atoms with van der Waals surface area (Å²) in [5, 5.41) is 3.97. The maximum atomic E-state index is 13.5. The molecule has 0 aliphatic carbocycles. The third-order valence-corrected chi connectivity index (χ3v) is 1.92. The quantitative estimate of drug-likeness (QED) is 0.718. The lowest BCUT2D eigenvalue weighted by Gasteiger charge is -2.04. The molecule has 0 bridgehead atoms. The van der Waals surface area contributed by atoms with E-state index in [2.05, 4.69) is 5.10 Å². The molecule has 94 valence electrons. The van der Waals surface area contributed by atoms with E-state index in [9.17, 15) is 4.39 Å². The van der Waals surface area contributed by atoms with Crippen molar-refractivity contribution >= 4 is 0 Å². The molecular weight excluding hydrogens is 215 g/mol. The Kier molecular flexibility index (Phi) is 7.68. The molecule has 2 nitrogen and oxygen atoms in total. The van der Waals surface area contributed by atoms with E-state index in [1.807, 2.05) is 33.8 Å². The lowest BCUT2D eigenvalue weighted by molar-refractivity contribution is 0.602. The number of benzene rings is 1. The first-order chi connectivity index (χ1) is 8.29. The lowest BCUT2D eigenvalue weighted by atomic mass is 10.2. The molecule has 17 heavy (non-hydrogen) atoms. The van der Waals surface area contributed by atoms with E-state index in [1.54, 1.807) is 37.5 Å². The van der Waals surface area contributed by atoms with Crippen LogP contribution < -0.4 is 0 Å². The number of hydrogen-bond acceptors (Lipinski definition) is 1. The summed E-state index contributed by atoms with van der Waals surface area (Å²) in [5.74, 6) is -0.216. The van der Waals surface area contributed by atoms with Crippen molar-refractivity contribution < 1.29 is 4.39 Å². The lowest BCUT2D eigenvalue weighted by Crippen LogP contribution is -1.99. The predicted molar refractivity (Wildman–Crippen MR) is 71.0 cm³/mol. The van der Waals surface area contributed by atoms with Crippen LogP contribution in [0.2, 0.25) is 0 Å². The van der Waals surface area contributed by atoms with E-state index >= 15 is 0 Å². The van der Waals surface area contributed by atoms with Crippen LogP contribution in [0.5, 0.6) is 0 Å². The first-order valence-corrected chi connectivity index (χ1v) is 6.04. The number of hydrogen-bond donors (Lipinski definition) is 0. The molecule has 2 rings (SSSR count). The molecule has 2 aromatic rings. The molecule has 0 fully saturated rings. The normalized spacial score (nSPS) is 8.59. The second-order valence-corrected chi connectivity index (χ2v) is 2.86. The van der Waals surface area contributed by atoms with Gasteiger partial charge < -0.3 is 0 Å². The summed E-state index contributed by atoms with van der Waals surface area (Å²) < 4.78 is 15.0. The first-order valence-electron chi connectivity index (χ1n) is 6.04. The fourth-order valence-corrected chi connectivity index (χ4v) is 1.22.